The Morgan fingerprint density at radius 1 is 1.38 bits per heavy atom. The number of hydrogen-bond acceptors (Lipinski definition) is 1. The molecule has 0 bridgehead atoms. The van der Waals surface area contributed by atoms with Crippen LogP contribution in [0.2, 0.25) is 0 Å². The quantitative estimate of drug-likeness (QED) is 0.759. The summed E-state index contributed by atoms with van der Waals surface area (Å²) < 4.78 is 0. The van der Waals surface area contributed by atoms with Crippen molar-refractivity contribution in [3.63, 3.8) is 0 Å². The predicted molar refractivity (Wildman–Crippen MR) is 65.3 cm³/mol. The Labute approximate surface area is 97.3 Å². The van der Waals surface area contributed by atoms with Crippen LogP contribution in [0, 0.1) is 0 Å². The van der Waals surface area contributed by atoms with Crippen molar-refractivity contribution in [2.75, 3.05) is 7.05 Å². The van der Waals surface area contributed by atoms with E-state index in [1.807, 2.05) is 24.9 Å². The van der Waals surface area contributed by atoms with Gasteiger partial charge >= 0.3 is 0 Å². The highest BCUT2D eigenvalue weighted by molar-refractivity contribution is 5.76. The van der Waals surface area contributed by atoms with E-state index in [2.05, 4.69) is 24.3 Å². The first-order valence-corrected chi connectivity index (χ1v) is 6.04. The number of amides is 1. The molecule has 1 fully saturated rings. The summed E-state index contributed by atoms with van der Waals surface area (Å²) in [5, 5.41) is 0. The second-order valence-electron chi connectivity index (χ2n) is 4.57. The fraction of sp³-hybridized carbons (Fsp3) is 0.500. The molecule has 1 saturated carbocycles. The summed E-state index contributed by atoms with van der Waals surface area (Å²) in [5.74, 6) is 0.845. The van der Waals surface area contributed by atoms with Crippen molar-refractivity contribution < 1.29 is 4.79 Å². The SMILES string of the molecule is CCCC(=O)N(C)C1CC1c1ccccc1. The van der Waals surface area contributed by atoms with Gasteiger partial charge in [0.25, 0.3) is 0 Å². The van der Waals surface area contributed by atoms with Gasteiger partial charge in [-0.25, -0.2) is 0 Å². The van der Waals surface area contributed by atoms with Crippen molar-refractivity contribution in [2.24, 2.45) is 0 Å². The topological polar surface area (TPSA) is 20.3 Å². The van der Waals surface area contributed by atoms with E-state index in [-0.39, 0.29) is 5.91 Å². The fourth-order valence-electron chi connectivity index (χ4n) is 2.24. The summed E-state index contributed by atoms with van der Waals surface area (Å²) in [6, 6.07) is 10.9. The third-order valence-electron chi connectivity index (χ3n) is 3.34. The third-order valence-corrected chi connectivity index (χ3v) is 3.34. The van der Waals surface area contributed by atoms with Gasteiger partial charge in [0.2, 0.25) is 5.91 Å². The molecule has 0 heterocycles. The van der Waals surface area contributed by atoms with Gasteiger partial charge in [-0.15, -0.1) is 0 Å². The normalized spacial score (nSPS) is 22.9. The molecule has 1 aliphatic rings. The van der Waals surface area contributed by atoms with Crippen LogP contribution in [0.25, 0.3) is 0 Å². The van der Waals surface area contributed by atoms with E-state index in [0.717, 1.165) is 12.8 Å². The molecular formula is C14H19NO. The zero-order valence-electron chi connectivity index (χ0n) is 10.0. The maximum atomic E-state index is 11.7. The first kappa shape index (κ1) is 11.2. The lowest BCUT2D eigenvalue weighted by atomic mass is 10.1. The molecule has 2 heteroatoms. The minimum Gasteiger partial charge on any atom is -0.342 e. The molecule has 0 aliphatic heterocycles. The number of hydrogen-bond donors (Lipinski definition) is 0. The first-order chi connectivity index (χ1) is 7.74. The minimum atomic E-state index is 0.283. The van der Waals surface area contributed by atoms with Gasteiger partial charge in [0.15, 0.2) is 0 Å². The molecular weight excluding hydrogens is 198 g/mol. The van der Waals surface area contributed by atoms with Crippen LogP contribution in [-0.2, 0) is 4.79 Å². The first-order valence-electron chi connectivity index (χ1n) is 6.04. The molecule has 1 aromatic rings. The molecule has 2 atom stereocenters. The number of benzene rings is 1. The monoisotopic (exact) mass is 217 g/mol. The molecule has 0 saturated heterocycles. The summed E-state index contributed by atoms with van der Waals surface area (Å²) in [6.45, 7) is 2.05. The number of rotatable bonds is 4. The van der Waals surface area contributed by atoms with Gasteiger partial charge in [0.1, 0.15) is 0 Å². The Morgan fingerprint density at radius 2 is 2.06 bits per heavy atom. The third kappa shape index (κ3) is 2.26. The molecule has 86 valence electrons. The fourth-order valence-corrected chi connectivity index (χ4v) is 2.24. The van der Waals surface area contributed by atoms with Gasteiger partial charge in [-0.05, 0) is 18.4 Å². The Balaban J connectivity index is 1.94. The van der Waals surface area contributed by atoms with E-state index in [9.17, 15) is 4.79 Å². The smallest absolute Gasteiger partial charge is 0.222 e. The maximum absolute atomic E-state index is 11.7. The van der Waals surface area contributed by atoms with Crippen molar-refractivity contribution in [3.8, 4) is 0 Å². The van der Waals surface area contributed by atoms with Crippen molar-refractivity contribution >= 4 is 5.91 Å². The highest BCUT2D eigenvalue weighted by Crippen LogP contribution is 2.44. The van der Waals surface area contributed by atoms with E-state index < -0.39 is 0 Å². The van der Waals surface area contributed by atoms with Crippen molar-refractivity contribution in [3.05, 3.63) is 35.9 Å². The molecule has 2 rings (SSSR count). The zero-order chi connectivity index (χ0) is 11.5. The largest absolute Gasteiger partial charge is 0.342 e. The number of nitrogens with zero attached hydrogens (tertiary/aromatic N) is 1. The summed E-state index contributed by atoms with van der Waals surface area (Å²) >= 11 is 0. The minimum absolute atomic E-state index is 0.283. The number of likely N-dealkylation sites (N-methyl/N-ethyl adjacent to an activating group) is 1. The summed E-state index contributed by atoms with van der Waals surface area (Å²) in [6.07, 6.45) is 2.73. The highest BCUT2D eigenvalue weighted by atomic mass is 16.2. The predicted octanol–water partition coefficient (Wildman–Crippen LogP) is 2.80. The molecule has 0 N–H and O–H groups in total. The van der Waals surface area contributed by atoms with Gasteiger partial charge < -0.3 is 4.90 Å². The maximum Gasteiger partial charge on any atom is 0.222 e. The van der Waals surface area contributed by atoms with Gasteiger partial charge in [0.05, 0.1) is 0 Å². The zero-order valence-corrected chi connectivity index (χ0v) is 10.0. The van der Waals surface area contributed by atoms with Crippen LogP contribution < -0.4 is 0 Å². The van der Waals surface area contributed by atoms with Crippen molar-refractivity contribution in [2.45, 2.75) is 38.1 Å². The summed E-state index contributed by atoms with van der Waals surface area (Å²) in [7, 11) is 1.94. The molecule has 2 unspecified atom stereocenters. The van der Waals surface area contributed by atoms with Gasteiger partial charge in [-0.3, -0.25) is 4.79 Å². The highest BCUT2D eigenvalue weighted by Gasteiger charge is 2.42. The van der Waals surface area contributed by atoms with Crippen LogP contribution in [0.5, 0.6) is 0 Å². The lowest BCUT2D eigenvalue weighted by molar-refractivity contribution is -0.130. The van der Waals surface area contributed by atoms with E-state index in [4.69, 9.17) is 0 Å². The lowest BCUT2D eigenvalue weighted by Crippen LogP contribution is -2.29. The molecule has 0 spiro atoms. The van der Waals surface area contributed by atoms with E-state index >= 15 is 0 Å². The van der Waals surface area contributed by atoms with Gasteiger partial charge in [-0.1, -0.05) is 37.3 Å². The molecule has 0 radical (unpaired) electrons. The van der Waals surface area contributed by atoms with Gasteiger partial charge in [0, 0.05) is 25.4 Å². The number of carbonyl (C=O) groups is 1. The van der Waals surface area contributed by atoms with E-state index in [1.165, 1.54) is 5.56 Å². The molecule has 16 heavy (non-hydrogen) atoms. The molecule has 0 aromatic heterocycles. The molecule has 1 amide bonds. The second-order valence-corrected chi connectivity index (χ2v) is 4.57. The van der Waals surface area contributed by atoms with Crippen LogP contribution >= 0.6 is 0 Å². The van der Waals surface area contributed by atoms with Gasteiger partial charge in [-0.2, -0.15) is 0 Å². The van der Waals surface area contributed by atoms with Crippen LogP contribution in [-0.4, -0.2) is 23.9 Å². The average molecular weight is 217 g/mol. The lowest BCUT2D eigenvalue weighted by Gasteiger charge is -2.17. The molecule has 1 aliphatic carbocycles. The van der Waals surface area contributed by atoms with Crippen molar-refractivity contribution in [1.82, 2.24) is 4.90 Å². The van der Waals surface area contributed by atoms with Crippen LogP contribution in [0.3, 0.4) is 0 Å². The van der Waals surface area contributed by atoms with Crippen LogP contribution in [0.4, 0.5) is 0 Å². The summed E-state index contributed by atoms with van der Waals surface area (Å²) in [4.78, 5) is 13.7. The van der Waals surface area contributed by atoms with E-state index in [1.54, 1.807) is 0 Å². The Bertz CT molecular complexity index is 360. The average Bonchev–Trinajstić information content (AvgIpc) is 3.09. The second kappa shape index (κ2) is 4.69. The Kier molecular flexibility index (Phi) is 3.28. The van der Waals surface area contributed by atoms with E-state index in [0.29, 0.717) is 18.4 Å². The van der Waals surface area contributed by atoms with Crippen LogP contribution in [0.15, 0.2) is 30.3 Å². The molecule has 2 nitrogen and oxygen atoms in total. The number of carbonyl (C=O) groups excluding carboxylic acids is 1. The van der Waals surface area contributed by atoms with Crippen molar-refractivity contribution in [1.29, 1.82) is 0 Å². The Hall–Kier alpha value is -1.31. The summed E-state index contributed by atoms with van der Waals surface area (Å²) in [5.41, 5.74) is 1.36. The Morgan fingerprint density at radius 3 is 2.69 bits per heavy atom. The van der Waals surface area contributed by atoms with Crippen LogP contribution in [0.1, 0.15) is 37.7 Å². The standard InChI is InChI=1S/C14H19NO/c1-3-7-14(16)15(2)13-10-12(13)11-8-5-4-6-9-11/h4-6,8-9,12-13H,3,7,10H2,1-2H3. The molecule has 1 aromatic carbocycles.